The molecule has 0 fully saturated rings. The van der Waals surface area contributed by atoms with E-state index in [-0.39, 0.29) is 6.54 Å². The molecule has 0 atom stereocenters. The summed E-state index contributed by atoms with van der Waals surface area (Å²) in [5.74, 6) is -0.800. The number of benzene rings is 1. The van der Waals surface area contributed by atoms with E-state index in [4.69, 9.17) is 5.11 Å². The summed E-state index contributed by atoms with van der Waals surface area (Å²) in [6, 6.07) is 8.01. The summed E-state index contributed by atoms with van der Waals surface area (Å²) < 4.78 is 1.02. The van der Waals surface area contributed by atoms with Gasteiger partial charge in [-0.1, -0.05) is 35.0 Å². The summed E-state index contributed by atoms with van der Waals surface area (Å²) in [6.45, 7) is 3.43. The molecule has 21 heavy (non-hydrogen) atoms. The van der Waals surface area contributed by atoms with Gasteiger partial charge in [0.15, 0.2) is 0 Å². The van der Waals surface area contributed by atoms with Crippen LogP contribution >= 0.6 is 27.3 Å². The number of thiazole rings is 1. The Kier molecular flexibility index (Phi) is 5.90. The fourth-order valence-corrected chi connectivity index (χ4v) is 3.29. The van der Waals surface area contributed by atoms with Crippen molar-refractivity contribution in [3.63, 3.8) is 0 Å². The highest BCUT2D eigenvalue weighted by Gasteiger charge is 2.12. The monoisotopic (exact) mass is 368 g/mol. The van der Waals surface area contributed by atoms with Crippen LogP contribution in [-0.4, -0.2) is 34.0 Å². The Morgan fingerprint density at radius 3 is 2.95 bits per heavy atom. The molecule has 2 aromatic rings. The summed E-state index contributed by atoms with van der Waals surface area (Å²) in [7, 11) is 0. The van der Waals surface area contributed by atoms with E-state index in [1.54, 1.807) is 11.3 Å². The topological polar surface area (TPSA) is 53.4 Å². The van der Waals surface area contributed by atoms with Gasteiger partial charge in [-0.3, -0.25) is 9.69 Å². The number of nitrogens with zero attached hydrogens (tertiary/aromatic N) is 2. The van der Waals surface area contributed by atoms with E-state index < -0.39 is 5.97 Å². The number of rotatable bonds is 7. The van der Waals surface area contributed by atoms with Gasteiger partial charge in [0.05, 0.1) is 12.2 Å². The van der Waals surface area contributed by atoms with Crippen molar-refractivity contribution in [3.8, 4) is 10.6 Å². The molecule has 2 rings (SSSR count). The van der Waals surface area contributed by atoms with E-state index in [0.29, 0.717) is 6.54 Å². The Hall–Kier alpha value is -1.24. The lowest BCUT2D eigenvalue weighted by Crippen LogP contribution is -2.30. The van der Waals surface area contributed by atoms with Crippen LogP contribution in [0.25, 0.3) is 10.6 Å². The van der Waals surface area contributed by atoms with Gasteiger partial charge in [0.2, 0.25) is 0 Å². The second-order valence-electron chi connectivity index (χ2n) is 4.76. The number of carboxylic acids is 1. The van der Waals surface area contributed by atoms with Crippen LogP contribution in [0.4, 0.5) is 0 Å². The maximum atomic E-state index is 10.9. The smallest absolute Gasteiger partial charge is 0.317 e. The molecule has 0 saturated carbocycles. The third kappa shape index (κ3) is 4.91. The zero-order valence-electron chi connectivity index (χ0n) is 11.8. The number of carbonyl (C=O) groups is 1. The van der Waals surface area contributed by atoms with E-state index in [9.17, 15) is 4.79 Å². The summed E-state index contributed by atoms with van der Waals surface area (Å²) in [5, 5.41) is 11.9. The minimum absolute atomic E-state index is 0.0532. The highest BCUT2D eigenvalue weighted by Crippen LogP contribution is 2.26. The van der Waals surface area contributed by atoms with Crippen LogP contribution in [0.3, 0.4) is 0 Å². The second kappa shape index (κ2) is 7.68. The van der Waals surface area contributed by atoms with E-state index in [0.717, 1.165) is 33.7 Å². The number of halogens is 1. The average molecular weight is 369 g/mol. The maximum absolute atomic E-state index is 10.9. The van der Waals surface area contributed by atoms with E-state index in [2.05, 4.69) is 20.9 Å². The lowest BCUT2D eigenvalue weighted by molar-refractivity contribution is -0.138. The molecular formula is C15H17BrN2O2S. The zero-order chi connectivity index (χ0) is 15.2. The first-order valence-electron chi connectivity index (χ1n) is 6.73. The highest BCUT2D eigenvalue weighted by atomic mass is 79.9. The minimum atomic E-state index is -0.800. The van der Waals surface area contributed by atoms with Crippen LogP contribution in [0.1, 0.15) is 19.0 Å². The fraction of sp³-hybridized carbons (Fsp3) is 0.333. The summed E-state index contributed by atoms with van der Waals surface area (Å²) in [5.41, 5.74) is 1.99. The number of aliphatic carboxylic acids is 1. The molecular weight excluding hydrogens is 352 g/mol. The zero-order valence-corrected chi connectivity index (χ0v) is 14.2. The summed E-state index contributed by atoms with van der Waals surface area (Å²) in [4.78, 5) is 17.4. The second-order valence-corrected chi connectivity index (χ2v) is 6.53. The van der Waals surface area contributed by atoms with Gasteiger partial charge in [-0.25, -0.2) is 4.98 Å². The Balaban J connectivity index is 2.10. The van der Waals surface area contributed by atoms with Gasteiger partial charge < -0.3 is 5.11 Å². The molecule has 0 aliphatic heterocycles. The van der Waals surface area contributed by atoms with Gasteiger partial charge in [0.25, 0.3) is 0 Å². The van der Waals surface area contributed by atoms with Crippen LogP contribution in [-0.2, 0) is 11.3 Å². The van der Waals surface area contributed by atoms with Crippen molar-refractivity contribution in [1.82, 2.24) is 9.88 Å². The van der Waals surface area contributed by atoms with Crippen LogP contribution in [0.5, 0.6) is 0 Å². The normalized spacial score (nSPS) is 11.0. The van der Waals surface area contributed by atoms with Gasteiger partial charge in [0.1, 0.15) is 5.01 Å². The van der Waals surface area contributed by atoms with Crippen molar-refractivity contribution >= 4 is 33.2 Å². The van der Waals surface area contributed by atoms with Crippen molar-refractivity contribution in [2.45, 2.75) is 19.9 Å². The summed E-state index contributed by atoms with van der Waals surface area (Å²) >= 11 is 5.04. The van der Waals surface area contributed by atoms with Gasteiger partial charge in [-0.2, -0.15) is 0 Å². The molecule has 6 heteroatoms. The maximum Gasteiger partial charge on any atom is 0.317 e. The van der Waals surface area contributed by atoms with E-state index in [1.807, 2.05) is 41.5 Å². The first-order chi connectivity index (χ1) is 10.1. The minimum Gasteiger partial charge on any atom is -0.480 e. The first kappa shape index (κ1) is 16.1. The number of carboxylic acid groups (broad SMARTS) is 1. The van der Waals surface area contributed by atoms with Crippen molar-refractivity contribution in [1.29, 1.82) is 0 Å². The highest BCUT2D eigenvalue weighted by molar-refractivity contribution is 9.10. The predicted molar refractivity (Wildman–Crippen MR) is 88.5 cm³/mol. The number of aromatic nitrogens is 1. The first-order valence-corrected chi connectivity index (χ1v) is 8.40. The van der Waals surface area contributed by atoms with Crippen LogP contribution in [0.15, 0.2) is 34.1 Å². The molecule has 1 aromatic carbocycles. The SMILES string of the molecule is CCCN(CC(=O)O)Cc1csc(-c2cccc(Br)c2)n1. The number of hydrogen-bond acceptors (Lipinski definition) is 4. The molecule has 0 radical (unpaired) electrons. The van der Waals surface area contributed by atoms with Crippen LogP contribution in [0.2, 0.25) is 0 Å². The Morgan fingerprint density at radius 1 is 1.48 bits per heavy atom. The third-order valence-corrected chi connectivity index (χ3v) is 4.34. The molecule has 112 valence electrons. The van der Waals surface area contributed by atoms with Crippen LogP contribution < -0.4 is 0 Å². The largest absolute Gasteiger partial charge is 0.480 e. The van der Waals surface area contributed by atoms with Crippen LogP contribution in [0, 0.1) is 0 Å². The van der Waals surface area contributed by atoms with Crippen molar-refractivity contribution in [2.75, 3.05) is 13.1 Å². The van der Waals surface area contributed by atoms with Gasteiger partial charge in [-0.15, -0.1) is 11.3 Å². The average Bonchev–Trinajstić information content (AvgIpc) is 2.87. The molecule has 0 spiro atoms. The van der Waals surface area contributed by atoms with Crippen molar-refractivity contribution in [3.05, 3.63) is 39.8 Å². The molecule has 4 nitrogen and oxygen atoms in total. The molecule has 0 aliphatic carbocycles. The molecule has 1 heterocycles. The quantitative estimate of drug-likeness (QED) is 0.805. The molecule has 0 saturated heterocycles. The van der Waals surface area contributed by atoms with Gasteiger partial charge >= 0.3 is 5.97 Å². The molecule has 1 aromatic heterocycles. The molecule has 1 N–H and O–H groups in total. The third-order valence-electron chi connectivity index (χ3n) is 2.91. The molecule has 0 unspecified atom stereocenters. The standard InChI is InChI=1S/C15H17BrN2O2S/c1-2-6-18(9-14(19)20)8-13-10-21-15(17-13)11-4-3-5-12(16)7-11/h3-5,7,10H,2,6,8-9H2,1H3,(H,19,20). The molecule has 0 bridgehead atoms. The Morgan fingerprint density at radius 2 is 2.29 bits per heavy atom. The van der Waals surface area contributed by atoms with Crippen molar-refractivity contribution < 1.29 is 9.90 Å². The van der Waals surface area contributed by atoms with Gasteiger partial charge in [-0.05, 0) is 25.1 Å². The molecule has 0 aliphatic rings. The fourth-order valence-electron chi connectivity index (χ4n) is 2.08. The lowest BCUT2D eigenvalue weighted by Gasteiger charge is -2.17. The summed E-state index contributed by atoms with van der Waals surface area (Å²) in [6.07, 6.45) is 0.926. The van der Waals surface area contributed by atoms with E-state index in [1.165, 1.54) is 0 Å². The predicted octanol–water partition coefficient (Wildman–Crippen LogP) is 3.87. The number of hydrogen-bond donors (Lipinski definition) is 1. The van der Waals surface area contributed by atoms with E-state index >= 15 is 0 Å². The molecule has 0 amide bonds. The Bertz CT molecular complexity index is 615. The lowest BCUT2D eigenvalue weighted by atomic mass is 10.2. The van der Waals surface area contributed by atoms with Crippen molar-refractivity contribution in [2.24, 2.45) is 0 Å². The van der Waals surface area contributed by atoms with Gasteiger partial charge in [0, 0.05) is 22.0 Å². The Labute approximate surface area is 136 Å².